The zero-order valence-corrected chi connectivity index (χ0v) is 18.9. The molecule has 2 amide bonds. The van der Waals surface area contributed by atoms with Gasteiger partial charge < -0.3 is 25.2 Å². The van der Waals surface area contributed by atoms with Gasteiger partial charge in [-0.25, -0.2) is 0 Å². The Bertz CT molecular complexity index is 1140. The number of aromatic hydroxyl groups is 1. The van der Waals surface area contributed by atoms with Crippen LogP contribution in [0.15, 0.2) is 66.7 Å². The lowest BCUT2D eigenvalue weighted by atomic mass is 10.0. The van der Waals surface area contributed by atoms with Crippen LogP contribution in [0, 0.1) is 0 Å². The van der Waals surface area contributed by atoms with Gasteiger partial charge in [-0.15, -0.1) is 0 Å². The quantitative estimate of drug-likeness (QED) is 0.497. The van der Waals surface area contributed by atoms with Crippen molar-refractivity contribution >= 4 is 23.2 Å². The summed E-state index contributed by atoms with van der Waals surface area (Å²) in [4.78, 5) is 27.3. The lowest BCUT2D eigenvalue weighted by molar-refractivity contribution is -0.118. The van der Waals surface area contributed by atoms with E-state index in [1.165, 1.54) is 7.11 Å². The van der Waals surface area contributed by atoms with Gasteiger partial charge in [0.1, 0.15) is 11.5 Å². The third-order valence-electron chi connectivity index (χ3n) is 5.55. The molecule has 0 saturated carbocycles. The van der Waals surface area contributed by atoms with Gasteiger partial charge in [0.25, 0.3) is 5.91 Å². The number of nitrogens with zero attached hydrogens (tertiary/aromatic N) is 1. The summed E-state index contributed by atoms with van der Waals surface area (Å²) in [6.45, 7) is 2.93. The van der Waals surface area contributed by atoms with Crippen LogP contribution in [0.3, 0.4) is 0 Å². The Kier molecular flexibility index (Phi) is 7.41. The van der Waals surface area contributed by atoms with Crippen molar-refractivity contribution < 1.29 is 24.2 Å². The molecular weight excluding hydrogens is 434 g/mol. The molecule has 3 N–H and O–H groups in total. The average molecular weight is 462 g/mol. The summed E-state index contributed by atoms with van der Waals surface area (Å²) in [7, 11) is 1.53. The predicted molar refractivity (Wildman–Crippen MR) is 130 cm³/mol. The number of phenolic OH excluding ortho intramolecular Hbond substituents is 1. The van der Waals surface area contributed by atoms with Gasteiger partial charge >= 0.3 is 0 Å². The van der Waals surface area contributed by atoms with E-state index >= 15 is 0 Å². The van der Waals surface area contributed by atoms with Gasteiger partial charge in [0.2, 0.25) is 5.91 Å². The van der Waals surface area contributed by atoms with Crippen LogP contribution in [0.5, 0.6) is 11.5 Å². The van der Waals surface area contributed by atoms with Crippen molar-refractivity contribution in [1.29, 1.82) is 0 Å². The number of phenols is 1. The van der Waals surface area contributed by atoms with E-state index in [-0.39, 0.29) is 24.1 Å². The predicted octanol–water partition coefficient (Wildman–Crippen LogP) is 3.59. The highest BCUT2D eigenvalue weighted by atomic mass is 16.5. The molecule has 0 spiro atoms. The number of methoxy groups -OCH3 is 1. The van der Waals surface area contributed by atoms with Gasteiger partial charge in [0, 0.05) is 24.3 Å². The third-order valence-corrected chi connectivity index (χ3v) is 5.55. The minimum atomic E-state index is -0.270. The second kappa shape index (κ2) is 10.8. The molecule has 0 atom stereocenters. The summed E-state index contributed by atoms with van der Waals surface area (Å²) in [5.74, 6) is 0.281. The lowest BCUT2D eigenvalue weighted by Gasteiger charge is -2.26. The number of benzene rings is 3. The second-order valence-electron chi connectivity index (χ2n) is 7.93. The van der Waals surface area contributed by atoms with Gasteiger partial charge in [-0.05, 0) is 53.6 Å². The molecule has 1 aliphatic rings. The number of hydrogen-bond donors (Lipinski definition) is 3. The molecule has 0 unspecified atom stereocenters. The number of hydrogen-bond acceptors (Lipinski definition) is 6. The van der Waals surface area contributed by atoms with Crippen LogP contribution in [0.2, 0.25) is 0 Å². The second-order valence-corrected chi connectivity index (χ2v) is 7.93. The van der Waals surface area contributed by atoms with Gasteiger partial charge in [0.05, 0.1) is 32.6 Å². The zero-order chi connectivity index (χ0) is 23.9. The number of carbonyl (C=O) groups excluding carboxylic acids is 2. The van der Waals surface area contributed by atoms with Crippen LogP contribution < -0.4 is 15.4 Å². The first-order chi connectivity index (χ1) is 16.5. The summed E-state index contributed by atoms with van der Waals surface area (Å²) >= 11 is 0. The first-order valence-corrected chi connectivity index (χ1v) is 11.0. The summed E-state index contributed by atoms with van der Waals surface area (Å²) in [6.07, 6.45) is 0. The molecule has 1 heterocycles. The number of ether oxygens (including phenoxy) is 2. The highest BCUT2D eigenvalue weighted by Crippen LogP contribution is 2.28. The van der Waals surface area contributed by atoms with E-state index in [2.05, 4.69) is 10.6 Å². The topological polar surface area (TPSA) is 100 Å². The van der Waals surface area contributed by atoms with Crippen molar-refractivity contribution in [3.05, 3.63) is 72.3 Å². The van der Waals surface area contributed by atoms with Crippen molar-refractivity contribution in [3.8, 4) is 22.6 Å². The molecule has 8 heteroatoms. The molecule has 176 valence electrons. The van der Waals surface area contributed by atoms with Gasteiger partial charge in [0.15, 0.2) is 0 Å². The van der Waals surface area contributed by atoms with Crippen LogP contribution in [-0.4, -0.2) is 61.8 Å². The van der Waals surface area contributed by atoms with Crippen molar-refractivity contribution in [3.63, 3.8) is 0 Å². The van der Waals surface area contributed by atoms with Gasteiger partial charge in [-0.1, -0.05) is 24.3 Å². The number of morpholine rings is 1. The average Bonchev–Trinajstić information content (AvgIpc) is 2.85. The van der Waals surface area contributed by atoms with E-state index in [4.69, 9.17) is 9.47 Å². The van der Waals surface area contributed by atoms with E-state index in [1.54, 1.807) is 42.5 Å². The van der Waals surface area contributed by atoms with Crippen molar-refractivity contribution in [1.82, 2.24) is 4.90 Å². The fraction of sp³-hybridized carbons (Fsp3) is 0.231. The molecule has 1 saturated heterocycles. The Hall–Kier alpha value is -3.88. The monoisotopic (exact) mass is 461 g/mol. The smallest absolute Gasteiger partial charge is 0.255 e. The van der Waals surface area contributed by atoms with E-state index in [0.717, 1.165) is 11.1 Å². The third kappa shape index (κ3) is 5.92. The lowest BCUT2D eigenvalue weighted by Crippen LogP contribution is -2.41. The van der Waals surface area contributed by atoms with E-state index < -0.39 is 0 Å². The maximum atomic E-state index is 12.8. The number of amides is 2. The molecule has 1 aliphatic heterocycles. The zero-order valence-electron chi connectivity index (χ0n) is 18.9. The van der Waals surface area contributed by atoms with Crippen LogP contribution in [0.25, 0.3) is 11.1 Å². The molecular formula is C26H27N3O5. The highest BCUT2D eigenvalue weighted by molar-refractivity contribution is 6.05. The largest absolute Gasteiger partial charge is 0.508 e. The van der Waals surface area contributed by atoms with Gasteiger partial charge in [-0.2, -0.15) is 0 Å². The number of carbonyl (C=O) groups is 2. The molecule has 3 aromatic carbocycles. The maximum absolute atomic E-state index is 12.8. The highest BCUT2D eigenvalue weighted by Gasteiger charge is 2.16. The summed E-state index contributed by atoms with van der Waals surface area (Å²) in [5, 5.41) is 15.2. The van der Waals surface area contributed by atoms with E-state index in [9.17, 15) is 14.7 Å². The Balaban J connectivity index is 1.42. The van der Waals surface area contributed by atoms with E-state index in [1.807, 2.05) is 29.2 Å². The minimum Gasteiger partial charge on any atom is -0.508 e. The molecule has 0 bridgehead atoms. The standard InChI is InChI=1S/C26H27N3O5/c1-33-24-11-8-21(16-23(24)28-25(31)17-29-12-14-34-15-13-29)27-26(32)20-4-2-18(3-5-20)19-6-9-22(30)10-7-19/h2-11,16,30H,12-15,17H2,1H3,(H,27,32)(H,28,31). The van der Waals surface area contributed by atoms with Crippen LogP contribution in [-0.2, 0) is 9.53 Å². The van der Waals surface area contributed by atoms with Crippen LogP contribution in [0.1, 0.15) is 10.4 Å². The fourth-order valence-corrected chi connectivity index (χ4v) is 3.71. The Morgan fingerprint density at radius 2 is 1.59 bits per heavy atom. The van der Waals surface area contributed by atoms with Gasteiger partial charge in [-0.3, -0.25) is 14.5 Å². The molecule has 0 radical (unpaired) electrons. The summed E-state index contributed by atoms with van der Waals surface area (Å²) in [5.41, 5.74) is 3.40. The molecule has 34 heavy (non-hydrogen) atoms. The number of rotatable bonds is 7. The van der Waals surface area contributed by atoms with Crippen molar-refractivity contribution in [2.75, 3.05) is 50.6 Å². The molecule has 0 aliphatic carbocycles. The van der Waals surface area contributed by atoms with Crippen molar-refractivity contribution in [2.45, 2.75) is 0 Å². The molecule has 4 rings (SSSR count). The first kappa shape index (κ1) is 23.3. The van der Waals surface area contributed by atoms with Crippen LogP contribution in [0.4, 0.5) is 11.4 Å². The molecule has 1 fully saturated rings. The maximum Gasteiger partial charge on any atom is 0.255 e. The number of nitrogens with one attached hydrogen (secondary N) is 2. The Morgan fingerprint density at radius 1 is 0.941 bits per heavy atom. The number of anilines is 2. The Labute approximate surface area is 198 Å². The van der Waals surface area contributed by atoms with Crippen molar-refractivity contribution in [2.24, 2.45) is 0 Å². The Morgan fingerprint density at radius 3 is 2.24 bits per heavy atom. The molecule has 8 nitrogen and oxygen atoms in total. The van der Waals surface area contributed by atoms with E-state index in [0.29, 0.717) is 49.0 Å². The minimum absolute atomic E-state index is 0.159. The fourth-order valence-electron chi connectivity index (χ4n) is 3.71. The normalized spacial score (nSPS) is 13.8. The van der Waals surface area contributed by atoms with Crippen LogP contribution >= 0.6 is 0 Å². The summed E-state index contributed by atoms with van der Waals surface area (Å²) < 4.78 is 10.7. The SMILES string of the molecule is COc1ccc(NC(=O)c2ccc(-c3ccc(O)cc3)cc2)cc1NC(=O)CN1CCOCC1. The molecule has 0 aromatic heterocycles. The first-order valence-electron chi connectivity index (χ1n) is 11.0. The summed E-state index contributed by atoms with van der Waals surface area (Å²) in [6, 6.07) is 19.2. The molecule has 3 aromatic rings.